The van der Waals surface area contributed by atoms with Crippen LogP contribution in [0.4, 0.5) is 0 Å². The number of carbonyl (C=O) groups excluding carboxylic acids is 1. The Kier molecular flexibility index (Phi) is 5.53. The van der Waals surface area contributed by atoms with Gasteiger partial charge in [0.1, 0.15) is 17.4 Å². The fourth-order valence-corrected chi connectivity index (χ4v) is 2.96. The van der Waals surface area contributed by atoms with E-state index in [9.17, 15) is 10.1 Å². The summed E-state index contributed by atoms with van der Waals surface area (Å²) < 4.78 is 10.3. The first-order valence-electron chi connectivity index (χ1n) is 8.63. The fourth-order valence-electron chi connectivity index (χ4n) is 2.96. The van der Waals surface area contributed by atoms with Gasteiger partial charge >= 0.3 is 5.97 Å². The third kappa shape index (κ3) is 3.83. The molecule has 0 heterocycles. The van der Waals surface area contributed by atoms with Crippen LogP contribution in [0.3, 0.4) is 0 Å². The van der Waals surface area contributed by atoms with Crippen molar-refractivity contribution in [3.8, 4) is 11.8 Å². The van der Waals surface area contributed by atoms with Gasteiger partial charge in [-0.25, -0.2) is 4.79 Å². The zero-order valence-corrected chi connectivity index (χ0v) is 15.2. The summed E-state index contributed by atoms with van der Waals surface area (Å²) in [6.07, 6.45) is 0. The van der Waals surface area contributed by atoms with Gasteiger partial charge in [-0.2, -0.15) is 5.26 Å². The van der Waals surface area contributed by atoms with E-state index in [0.717, 1.165) is 21.9 Å². The third-order valence-electron chi connectivity index (χ3n) is 4.26. The van der Waals surface area contributed by atoms with Crippen LogP contribution in [0.15, 0.2) is 72.3 Å². The Morgan fingerprint density at radius 1 is 0.963 bits per heavy atom. The Hall–Kier alpha value is -3.58. The predicted molar refractivity (Wildman–Crippen MR) is 105 cm³/mol. The lowest BCUT2D eigenvalue weighted by atomic mass is 9.91. The van der Waals surface area contributed by atoms with Crippen molar-refractivity contribution in [2.24, 2.45) is 0 Å². The largest absolute Gasteiger partial charge is 0.497 e. The van der Waals surface area contributed by atoms with Gasteiger partial charge in [-0.1, -0.05) is 48.5 Å². The van der Waals surface area contributed by atoms with Crippen LogP contribution in [0.5, 0.6) is 5.75 Å². The molecule has 0 amide bonds. The summed E-state index contributed by atoms with van der Waals surface area (Å²) in [6.45, 7) is 1.92. The molecule has 3 rings (SSSR count). The van der Waals surface area contributed by atoms with E-state index in [1.165, 1.54) is 0 Å². The summed E-state index contributed by atoms with van der Waals surface area (Å²) in [5.41, 5.74) is 2.06. The van der Waals surface area contributed by atoms with Crippen LogP contribution >= 0.6 is 0 Å². The first-order chi connectivity index (χ1) is 13.2. The van der Waals surface area contributed by atoms with E-state index in [1.807, 2.05) is 60.7 Å². The van der Waals surface area contributed by atoms with Gasteiger partial charge in [-0.05, 0) is 47.0 Å². The number of benzene rings is 3. The zero-order chi connectivity index (χ0) is 19.2. The van der Waals surface area contributed by atoms with Crippen LogP contribution < -0.4 is 4.74 Å². The molecule has 0 aliphatic carbocycles. The van der Waals surface area contributed by atoms with Crippen molar-refractivity contribution in [2.45, 2.75) is 6.92 Å². The summed E-state index contributed by atoms with van der Waals surface area (Å²) in [5.74, 6) is 0.0743. The summed E-state index contributed by atoms with van der Waals surface area (Å²) >= 11 is 0. The lowest BCUT2D eigenvalue weighted by Crippen LogP contribution is -2.09. The number of hydrogen-bond donors (Lipinski definition) is 0. The van der Waals surface area contributed by atoms with E-state index in [-0.39, 0.29) is 12.2 Å². The molecule has 4 nitrogen and oxygen atoms in total. The van der Waals surface area contributed by atoms with Crippen LogP contribution in [0.1, 0.15) is 18.1 Å². The average molecular weight is 357 g/mol. The third-order valence-corrected chi connectivity index (χ3v) is 4.26. The SMILES string of the molecule is CCOC(=O)/C(C#N)=C(/c1ccc(OC)cc1)c1ccc2ccccc2c1. The molecular weight excluding hydrogens is 338 g/mol. The molecule has 27 heavy (non-hydrogen) atoms. The molecule has 0 aromatic heterocycles. The van der Waals surface area contributed by atoms with Gasteiger partial charge in [0.25, 0.3) is 0 Å². The average Bonchev–Trinajstić information content (AvgIpc) is 2.72. The zero-order valence-electron chi connectivity index (χ0n) is 15.2. The maximum Gasteiger partial charge on any atom is 0.349 e. The van der Waals surface area contributed by atoms with Crippen LogP contribution in [-0.2, 0) is 9.53 Å². The molecule has 3 aromatic carbocycles. The molecule has 134 valence electrons. The molecular formula is C23H19NO3. The highest BCUT2D eigenvalue weighted by atomic mass is 16.5. The topological polar surface area (TPSA) is 59.3 Å². The minimum Gasteiger partial charge on any atom is -0.497 e. The van der Waals surface area contributed by atoms with Gasteiger partial charge in [0.15, 0.2) is 0 Å². The summed E-state index contributed by atoms with van der Waals surface area (Å²) in [6, 6.07) is 23.1. The first kappa shape index (κ1) is 18.2. The van der Waals surface area contributed by atoms with E-state index in [0.29, 0.717) is 11.3 Å². The number of methoxy groups -OCH3 is 1. The Morgan fingerprint density at radius 3 is 2.26 bits per heavy atom. The number of carbonyl (C=O) groups is 1. The highest BCUT2D eigenvalue weighted by Gasteiger charge is 2.20. The Morgan fingerprint density at radius 2 is 1.63 bits per heavy atom. The monoisotopic (exact) mass is 357 g/mol. The molecule has 3 aromatic rings. The van der Waals surface area contributed by atoms with E-state index in [4.69, 9.17) is 9.47 Å². The van der Waals surface area contributed by atoms with E-state index < -0.39 is 5.97 Å². The highest BCUT2D eigenvalue weighted by Crippen LogP contribution is 2.31. The molecule has 0 spiro atoms. The van der Waals surface area contributed by atoms with Crippen molar-refractivity contribution in [1.29, 1.82) is 5.26 Å². The van der Waals surface area contributed by atoms with Crippen molar-refractivity contribution in [2.75, 3.05) is 13.7 Å². The van der Waals surface area contributed by atoms with E-state index in [2.05, 4.69) is 0 Å². The van der Waals surface area contributed by atoms with Gasteiger partial charge < -0.3 is 9.47 Å². The predicted octanol–water partition coefficient (Wildman–Crippen LogP) is 4.74. The van der Waals surface area contributed by atoms with Crippen LogP contribution in [0, 0.1) is 11.3 Å². The quantitative estimate of drug-likeness (QED) is 0.376. The second kappa shape index (κ2) is 8.20. The second-order valence-corrected chi connectivity index (χ2v) is 5.87. The summed E-state index contributed by atoms with van der Waals surface area (Å²) in [5, 5.41) is 11.8. The fraction of sp³-hybridized carbons (Fsp3) is 0.130. The number of rotatable bonds is 5. The van der Waals surface area contributed by atoms with Crippen LogP contribution in [-0.4, -0.2) is 19.7 Å². The highest BCUT2D eigenvalue weighted by molar-refractivity contribution is 6.06. The molecule has 0 bridgehead atoms. The van der Waals surface area contributed by atoms with E-state index in [1.54, 1.807) is 26.2 Å². The first-order valence-corrected chi connectivity index (χ1v) is 8.63. The van der Waals surface area contributed by atoms with Gasteiger partial charge in [0.05, 0.1) is 13.7 Å². The van der Waals surface area contributed by atoms with Crippen LogP contribution in [0.25, 0.3) is 16.3 Å². The lowest BCUT2D eigenvalue weighted by Gasteiger charge is -2.13. The second-order valence-electron chi connectivity index (χ2n) is 5.87. The number of fused-ring (bicyclic) bond motifs is 1. The Labute approximate surface area is 158 Å². The molecule has 0 atom stereocenters. The molecule has 0 aliphatic rings. The molecule has 0 fully saturated rings. The molecule has 0 saturated carbocycles. The minimum absolute atomic E-state index is 0.0164. The van der Waals surface area contributed by atoms with Crippen molar-refractivity contribution >= 4 is 22.3 Å². The van der Waals surface area contributed by atoms with Crippen molar-refractivity contribution in [3.05, 3.63) is 83.4 Å². The molecule has 0 radical (unpaired) electrons. The minimum atomic E-state index is -0.626. The Balaban J connectivity index is 2.24. The lowest BCUT2D eigenvalue weighted by molar-refractivity contribution is -0.137. The van der Waals surface area contributed by atoms with Crippen molar-refractivity contribution in [3.63, 3.8) is 0 Å². The molecule has 4 heteroatoms. The number of esters is 1. The number of nitriles is 1. The van der Waals surface area contributed by atoms with Crippen molar-refractivity contribution < 1.29 is 14.3 Å². The molecule has 0 unspecified atom stereocenters. The maximum absolute atomic E-state index is 12.4. The standard InChI is InChI=1S/C23H19NO3/c1-3-27-23(25)21(15-24)22(17-10-12-20(26-2)13-11-17)19-9-8-16-6-4-5-7-18(16)14-19/h4-14H,3H2,1-2H3/b22-21-. The maximum atomic E-state index is 12.4. The van der Waals surface area contributed by atoms with Gasteiger partial charge in [-0.3, -0.25) is 0 Å². The summed E-state index contributed by atoms with van der Waals surface area (Å²) in [7, 11) is 1.59. The van der Waals surface area contributed by atoms with E-state index >= 15 is 0 Å². The van der Waals surface area contributed by atoms with Gasteiger partial charge in [-0.15, -0.1) is 0 Å². The smallest absolute Gasteiger partial charge is 0.349 e. The molecule has 0 N–H and O–H groups in total. The van der Waals surface area contributed by atoms with Crippen LogP contribution in [0.2, 0.25) is 0 Å². The van der Waals surface area contributed by atoms with Gasteiger partial charge in [0.2, 0.25) is 0 Å². The van der Waals surface area contributed by atoms with Crippen molar-refractivity contribution in [1.82, 2.24) is 0 Å². The molecule has 0 saturated heterocycles. The number of ether oxygens (including phenoxy) is 2. The normalized spacial score (nSPS) is 11.4. The number of hydrogen-bond acceptors (Lipinski definition) is 4. The molecule has 0 aliphatic heterocycles. The van der Waals surface area contributed by atoms with Gasteiger partial charge in [0, 0.05) is 5.57 Å². The summed E-state index contributed by atoms with van der Waals surface area (Å²) in [4.78, 5) is 12.4. The number of nitrogens with zero attached hydrogens (tertiary/aromatic N) is 1. The Bertz CT molecular complexity index is 1040.